The van der Waals surface area contributed by atoms with Crippen molar-refractivity contribution in [2.75, 3.05) is 6.61 Å². The molecule has 7 rings (SSSR count). The minimum absolute atomic E-state index is 0.0199. The number of ether oxygens (including phenoxy) is 6. The van der Waals surface area contributed by atoms with Gasteiger partial charge in [0.1, 0.15) is 18.3 Å². The largest absolute Gasteiger partial charge is 0.458 e. The number of hydrogen-bond acceptors (Lipinski definition) is 12. The molecule has 0 radical (unpaired) electrons. The van der Waals surface area contributed by atoms with Crippen molar-refractivity contribution in [1.29, 1.82) is 0 Å². The fourth-order valence-electron chi connectivity index (χ4n) is 9.67. The highest BCUT2D eigenvalue weighted by Crippen LogP contribution is 2.86. The summed E-state index contributed by atoms with van der Waals surface area (Å²) in [5.74, 6) is -6.46. The number of aliphatic hydroxyl groups excluding tert-OH is 1. The lowest BCUT2D eigenvalue weighted by Crippen LogP contribution is -2.68. The van der Waals surface area contributed by atoms with Crippen molar-refractivity contribution in [2.45, 2.75) is 94.8 Å². The normalized spacial score (nSPS) is 57.5. The van der Waals surface area contributed by atoms with E-state index >= 15 is 0 Å². The van der Waals surface area contributed by atoms with Crippen LogP contribution >= 0.6 is 0 Å². The zero-order valence-electron chi connectivity index (χ0n) is 21.7. The molecule has 38 heavy (non-hydrogen) atoms. The predicted octanol–water partition coefficient (Wildman–Crippen LogP) is -0.682. The SMILES string of the molecule is CC(=O)O[C@H]1[C@H]2OC(=O)[C@@]34OC5O[C@@]6(O)CC=CCO[C@@H]6[C@]5([C@@H]1C(C)(C)C)[C@@]23[C@@H](O)[C@@H]1OC(=O)[C@@H](C)[C@@]14O. The van der Waals surface area contributed by atoms with Gasteiger partial charge in [-0.3, -0.25) is 9.59 Å². The van der Waals surface area contributed by atoms with Crippen molar-refractivity contribution in [3.05, 3.63) is 12.2 Å². The second-order valence-electron chi connectivity index (χ2n) is 12.9. The van der Waals surface area contributed by atoms with Crippen LogP contribution in [0.5, 0.6) is 0 Å². The first-order valence-corrected chi connectivity index (χ1v) is 13.0. The molecule has 12 heteroatoms. The number of hydrogen-bond donors (Lipinski definition) is 3. The Hall–Kier alpha value is -2.09. The highest BCUT2D eigenvalue weighted by Gasteiger charge is 3.05. The quantitative estimate of drug-likeness (QED) is 0.220. The molecule has 0 aromatic heterocycles. The summed E-state index contributed by atoms with van der Waals surface area (Å²) in [5, 5.41) is 36.4. The molecule has 2 aliphatic carbocycles. The maximum absolute atomic E-state index is 14.0. The molecule has 3 N–H and O–H groups in total. The monoisotopic (exact) mass is 536 g/mol. The third-order valence-corrected chi connectivity index (χ3v) is 10.4. The van der Waals surface area contributed by atoms with E-state index in [1.165, 1.54) is 13.8 Å². The van der Waals surface area contributed by atoms with Crippen LogP contribution in [0.4, 0.5) is 0 Å². The first kappa shape index (κ1) is 24.9. The van der Waals surface area contributed by atoms with Crippen LogP contribution in [-0.4, -0.2) is 93.6 Å². The molecule has 7 aliphatic rings. The lowest BCUT2D eigenvalue weighted by Gasteiger charge is -2.50. The molecule has 2 saturated carbocycles. The van der Waals surface area contributed by atoms with Gasteiger partial charge in [-0.15, -0.1) is 0 Å². The van der Waals surface area contributed by atoms with Crippen molar-refractivity contribution in [3.8, 4) is 0 Å². The molecular weight excluding hydrogens is 504 g/mol. The standard InChI is InChI=1S/C26H32O12/c1-10-17(29)35-16-14(28)24-15-12(34-11(2)27)13(21(3,4)5)23(24)18-22(31,8-6-7-9-33-18)37-20(23)38-26(24,19(30)36-15)25(10,16)32/h6-7,10,12-16,18,20,28,31-32H,8-9H2,1-5H3/t10-,12-,13+,14+,15-,16+,18+,20?,22+,23+,24-,25-,26-/m1/s1. The molecular formula is C26H32O12. The first-order valence-electron chi connectivity index (χ1n) is 13.0. The van der Waals surface area contributed by atoms with Crippen molar-refractivity contribution in [3.63, 3.8) is 0 Å². The number of fused-ring (bicyclic) bond motifs is 2. The van der Waals surface area contributed by atoms with E-state index in [1.54, 1.807) is 12.2 Å². The molecule has 6 fully saturated rings. The lowest BCUT2D eigenvalue weighted by molar-refractivity contribution is -0.301. The fourth-order valence-corrected chi connectivity index (χ4v) is 9.67. The van der Waals surface area contributed by atoms with Gasteiger partial charge in [-0.1, -0.05) is 32.9 Å². The van der Waals surface area contributed by atoms with Gasteiger partial charge in [-0.2, -0.15) is 0 Å². The average Bonchev–Trinajstić information content (AvgIpc) is 3.45. The molecule has 4 saturated heterocycles. The Bertz CT molecular complexity index is 1190. The Balaban J connectivity index is 1.60. The summed E-state index contributed by atoms with van der Waals surface area (Å²) < 4.78 is 36.4. The first-order chi connectivity index (χ1) is 17.7. The molecule has 1 unspecified atom stereocenters. The van der Waals surface area contributed by atoms with Gasteiger partial charge in [0.15, 0.2) is 29.9 Å². The van der Waals surface area contributed by atoms with Crippen LogP contribution in [0.15, 0.2) is 12.2 Å². The van der Waals surface area contributed by atoms with E-state index in [9.17, 15) is 29.7 Å². The van der Waals surface area contributed by atoms with Gasteiger partial charge < -0.3 is 43.7 Å². The van der Waals surface area contributed by atoms with Crippen LogP contribution in [0, 0.1) is 28.1 Å². The van der Waals surface area contributed by atoms with Crippen LogP contribution in [0.1, 0.15) is 41.0 Å². The molecule has 5 heterocycles. The fraction of sp³-hybridized carbons (Fsp3) is 0.808. The molecule has 0 aromatic carbocycles. The zero-order chi connectivity index (χ0) is 27.4. The second kappa shape index (κ2) is 6.79. The van der Waals surface area contributed by atoms with Crippen LogP contribution < -0.4 is 0 Å². The zero-order valence-corrected chi connectivity index (χ0v) is 21.7. The molecule has 5 aliphatic heterocycles. The van der Waals surface area contributed by atoms with Crippen LogP contribution in [-0.2, 0) is 42.8 Å². The highest BCUT2D eigenvalue weighted by molar-refractivity contribution is 5.93. The summed E-state index contributed by atoms with van der Waals surface area (Å²) in [6.45, 7) is 8.39. The number of rotatable bonds is 1. The minimum Gasteiger partial charge on any atom is -0.458 e. The van der Waals surface area contributed by atoms with E-state index in [-0.39, 0.29) is 13.0 Å². The Morgan fingerprint density at radius 2 is 1.82 bits per heavy atom. The van der Waals surface area contributed by atoms with Crippen molar-refractivity contribution in [1.82, 2.24) is 0 Å². The Kier molecular flexibility index (Phi) is 4.45. The number of carbonyl (C=O) groups is 3. The smallest absolute Gasteiger partial charge is 0.343 e. The van der Waals surface area contributed by atoms with E-state index in [1.807, 2.05) is 20.8 Å². The van der Waals surface area contributed by atoms with Gasteiger partial charge in [0.05, 0.1) is 23.4 Å². The summed E-state index contributed by atoms with van der Waals surface area (Å²) in [4.78, 5) is 39.2. The Morgan fingerprint density at radius 3 is 2.47 bits per heavy atom. The Morgan fingerprint density at radius 1 is 1.11 bits per heavy atom. The highest BCUT2D eigenvalue weighted by atomic mass is 16.8. The van der Waals surface area contributed by atoms with E-state index in [2.05, 4.69) is 0 Å². The predicted molar refractivity (Wildman–Crippen MR) is 120 cm³/mol. The summed E-state index contributed by atoms with van der Waals surface area (Å²) in [6.07, 6.45) is -4.88. The van der Waals surface area contributed by atoms with E-state index in [0.717, 1.165) is 0 Å². The molecule has 0 aromatic rings. The van der Waals surface area contributed by atoms with Gasteiger partial charge in [0.2, 0.25) is 5.60 Å². The summed E-state index contributed by atoms with van der Waals surface area (Å²) in [5.41, 5.74) is -8.88. The molecule has 0 amide bonds. The second-order valence-corrected chi connectivity index (χ2v) is 12.9. The van der Waals surface area contributed by atoms with Crippen molar-refractivity contribution in [2.24, 2.45) is 28.1 Å². The van der Waals surface area contributed by atoms with E-state index in [0.29, 0.717) is 0 Å². The Labute approximate surface area is 218 Å². The number of aliphatic hydroxyl groups is 3. The van der Waals surface area contributed by atoms with Crippen LogP contribution in [0.3, 0.4) is 0 Å². The van der Waals surface area contributed by atoms with Gasteiger partial charge in [0, 0.05) is 19.3 Å². The molecule has 12 nitrogen and oxygen atoms in total. The van der Waals surface area contributed by atoms with Gasteiger partial charge in [-0.25, -0.2) is 4.79 Å². The maximum atomic E-state index is 14.0. The molecule has 2 spiro atoms. The van der Waals surface area contributed by atoms with Crippen molar-refractivity contribution < 1.29 is 58.1 Å². The van der Waals surface area contributed by atoms with Gasteiger partial charge in [0.25, 0.3) is 0 Å². The number of carbonyl (C=O) groups excluding carboxylic acids is 3. The van der Waals surface area contributed by atoms with Gasteiger partial charge in [-0.05, 0) is 12.3 Å². The molecule has 0 bridgehead atoms. The van der Waals surface area contributed by atoms with E-state index < -0.39 is 99.8 Å². The topological polar surface area (TPSA) is 167 Å². The third-order valence-electron chi connectivity index (χ3n) is 10.4. The summed E-state index contributed by atoms with van der Waals surface area (Å²) in [7, 11) is 0. The van der Waals surface area contributed by atoms with Gasteiger partial charge >= 0.3 is 17.9 Å². The summed E-state index contributed by atoms with van der Waals surface area (Å²) in [6, 6.07) is 0. The van der Waals surface area contributed by atoms with Crippen LogP contribution in [0.25, 0.3) is 0 Å². The van der Waals surface area contributed by atoms with Crippen LogP contribution in [0.2, 0.25) is 0 Å². The third kappa shape index (κ3) is 2.11. The molecule has 208 valence electrons. The lowest BCUT2D eigenvalue weighted by atomic mass is 9.50. The van der Waals surface area contributed by atoms with Crippen molar-refractivity contribution >= 4 is 17.9 Å². The molecule has 13 atom stereocenters. The maximum Gasteiger partial charge on any atom is 0.343 e. The summed E-state index contributed by atoms with van der Waals surface area (Å²) >= 11 is 0. The minimum atomic E-state index is -2.34. The average molecular weight is 537 g/mol. The number of esters is 3. The van der Waals surface area contributed by atoms with E-state index in [4.69, 9.17) is 28.4 Å².